The van der Waals surface area contributed by atoms with Crippen LogP contribution in [-0.4, -0.2) is 49.4 Å². The number of hydrogen-bond donors (Lipinski definition) is 1. The van der Waals surface area contributed by atoms with Gasteiger partial charge in [-0.3, -0.25) is 9.78 Å². The van der Waals surface area contributed by atoms with Gasteiger partial charge in [0.1, 0.15) is 11.5 Å². The van der Waals surface area contributed by atoms with Crippen LogP contribution in [0.25, 0.3) is 0 Å². The highest BCUT2D eigenvalue weighted by atomic mass is 35.5. The Kier molecular flexibility index (Phi) is 8.55. The Morgan fingerprint density at radius 2 is 1.84 bits per heavy atom. The smallest absolute Gasteiger partial charge is 0.246 e. The third-order valence-corrected chi connectivity index (χ3v) is 7.98. The van der Waals surface area contributed by atoms with Crippen molar-refractivity contribution in [1.82, 2.24) is 14.6 Å². The molecule has 7 nitrogen and oxygen atoms in total. The summed E-state index contributed by atoms with van der Waals surface area (Å²) in [7, 11) is -3.96. The van der Waals surface area contributed by atoms with E-state index < -0.39 is 16.1 Å². The van der Waals surface area contributed by atoms with Crippen LogP contribution in [0.1, 0.15) is 24.8 Å². The number of hydrogen-bond acceptors (Lipinski definition) is 5. The van der Waals surface area contributed by atoms with Crippen molar-refractivity contribution in [2.24, 2.45) is 0 Å². The number of benzene rings is 1. The van der Waals surface area contributed by atoms with Crippen LogP contribution >= 0.6 is 34.8 Å². The molecule has 1 N–H and O–H groups in total. The Balaban J connectivity index is 1.61. The van der Waals surface area contributed by atoms with Crippen molar-refractivity contribution in [3.05, 3.63) is 57.3 Å². The Morgan fingerprint density at radius 1 is 1.16 bits per heavy atom. The lowest BCUT2D eigenvalue weighted by molar-refractivity contribution is -0.126. The molecule has 0 radical (unpaired) electrons. The third kappa shape index (κ3) is 6.31. The number of halogens is 3. The van der Waals surface area contributed by atoms with E-state index in [1.54, 1.807) is 24.5 Å². The highest BCUT2D eigenvalue weighted by molar-refractivity contribution is 7.89. The Hall–Kier alpha value is -1.42. The molecule has 168 valence electrons. The second kappa shape index (κ2) is 10.9. The van der Waals surface area contributed by atoms with E-state index in [1.165, 1.54) is 16.4 Å². The first-order chi connectivity index (χ1) is 14.8. The molecule has 1 unspecified atom stereocenters. The summed E-state index contributed by atoms with van der Waals surface area (Å²) in [4.78, 5) is 15.8. The summed E-state index contributed by atoms with van der Waals surface area (Å²) in [5, 5.41) is 2.95. The van der Waals surface area contributed by atoms with E-state index in [0.717, 1.165) is 12.0 Å². The molecule has 3 rings (SSSR count). The molecule has 1 aliphatic heterocycles. The minimum absolute atomic E-state index is 0.0294. The summed E-state index contributed by atoms with van der Waals surface area (Å²) in [5.41, 5.74) is 0.921. The zero-order chi connectivity index (χ0) is 22.4. The van der Waals surface area contributed by atoms with Gasteiger partial charge in [0.2, 0.25) is 15.9 Å². The van der Waals surface area contributed by atoms with Gasteiger partial charge in [0.15, 0.2) is 0 Å². The van der Waals surface area contributed by atoms with E-state index in [-0.39, 0.29) is 39.1 Å². The van der Waals surface area contributed by atoms with Crippen molar-refractivity contribution in [3.8, 4) is 0 Å². The van der Waals surface area contributed by atoms with Gasteiger partial charge in [0.05, 0.1) is 16.7 Å². The number of nitrogens with one attached hydrogen (secondary N) is 1. The van der Waals surface area contributed by atoms with E-state index in [1.807, 2.05) is 0 Å². The molecular formula is C20H22Cl3N3O4S. The van der Waals surface area contributed by atoms with Gasteiger partial charge in [0, 0.05) is 36.5 Å². The van der Waals surface area contributed by atoms with Gasteiger partial charge in [-0.15, -0.1) is 0 Å². The first-order valence-corrected chi connectivity index (χ1v) is 12.3. The van der Waals surface area contributed by atoms with Crippen LogP contribution < -0.4 is 5.32 Å². The number of aromatic nitrogens is 1. The minimum atomic E-state index is -3.96. The fourth-order valence-corrected chi connectivity index (χ4v) is 6.57. The summed E-state index contributed by atoms with van der Waals surface area (Å²) in [6, 6.07) is 5.89. The highest BCUT2D eigenvalue weighted by Gasteiger charge is 2.36. The molecule has 11 heteroatoms. The molecule has 1 aromatic heterocycles. The molecule has 0 saturated carbocycles. The topological polar surface area (TPSA) is 88.6 Å². The quantitative estimate of drug-likeness (QED) is 0.586. The Morgan fingerprint density at radius 3 is 2.52 bits per heavy atom. The number of sulfonamides is 1. The van der Waals surface area contributed by atoms with Gasteiger partial charge in [-0.2, -0.15) is 4.31 Å². The largest absolute Gasteiger partial charge is 0.370 e. The minimum Gasteiger partial charge on any atom is -0.370 e. The number of amides is 1. The Labute approximate surface area is 196 Å². The van der Waals surface area contributed by atoms with Crippen LogP contribution in [0.3, 0.4) is 0 Å². The van der Waals surface area contributed by atoms with Gasteiger partial charge in [0.25, 0.3) is 0 Å². The normalized spacial score (nSPS) is 17.5. The SMILES string of the molecule is O=C(COCC1CCCCN1S(=O)(=O)c1c(Cl)cc(Cl)cc1Cl)NCc1ccncc1. The lowest BCUT2D eigenvalue weighted by Crippen LogP contribution is -2.46. The maximum atomic E-state index is 13.3. The zero-order valence-electron chi connectivity index (χ0n) is 16.6. The van der Waals surface area contributed by atoms with E-state index >= 15 is 0 Å². The maximum absolute atomic E-state index is 13.3. The van der Waals surface area contributed by atoms with Crippen LogP contribution in [0.4, 0.5) is 0 Å². The summed E-state index contributed by atoms with van der Waals surface area (Å²) in [6.07, 6.45) is 5.48. The average Bonchev–Trinajstić information content (AvgIpc) is 2.72. The number of nitrogens with zero attached hydrogens (tertiary/aromatic N) is 2. The van der Waals surface area contributed by atoms with Crippen molar-refractivity contribution < 1.29 is 17.9 Å². The lowest BCUT2D eigenvalue weighted by atomic mass is 10.1. The summed E-state index contributed by atoms with van der Waals surface area (Å²) >= 11 is 18.2. The summed E-state index contributed by atoms with van der Waals surface area (Å²) in [5.74, 6) is -0.286. The first kappa shape index (κ1) is 24.2. The first-order valence-electron chi connectivity index (χ1n) is 9.69. The molecule has 2 aromatic rings. The van der Waals surface area contributed by atoms with Gasteiger partial charge in [-0.1, -0.05) is 41.2 Å². The van der Waals surface area contributed by atoms with Crippen LogP contribution in [-0.2, 0) is 26.1 Å². The number of pyridine rings is 1. The summed E-state index contributed by atoms with van der Waals surface area (Å²) in [6.45, 7) is 0.602. The number of carbonyl (C=O) groups excluding carboxylic acids is 1. The lowest BCUT2D eigenvalue weighted by Gasteiger charge is -2.34. The van der Waals surface area contributed by atoms with E-state index in [9.17, 15) is 13.2 Å². The van der Waals surface area contributed by atoms with Gasteiger partial charge >= 0.3 is 0 Å². The zero-order valence-corrected chi connectivity index (χ0v) is 19.6. The number of rotatable bonds is 8. The molecule has 2 heterocycles. The van der Waals surface area contributed by atoms with Gasteiger partial charge in [-0.05, 0) is 42.7 Å². The maximum Gasteiger partial charge on any atom is 0.246 e. The van der Waals surface area contributed by atoms with Crippen molar-refractivity contribution in [3.63, 3.8) is 0 Å². The monoisotopic (exact) mass is 505 g/mol. The molecule has 0 aliphatic carbocycles. The van der Waals surface area contributed by atoms with Crippen LogP contribution in [0.15, 0.2) is 41.6 Å². The summed E-state index contributed by atoms with van der Waals surface area (Å²) < 4.78 is 33.5. The average molecular weight is 507 g/mol. The predicted octanol–water partition coefficient (Wildman–Crippen LogP) is 3.92. The standard InChI is InChI=1S/C20H22Cl3N3O4S/c21-15-9-17(22)20(18(23)10-15)31(28,29)26-8-2-1-3-16(26)12-30-13-19(27)25-11-14-4-6-24-7-5-14/h4-7,9-10,16H,1-3,8,11-13H2,(H,25,27). The number of ether oxygens (including phenoxy) is 1. The van der Waals surface area contributed by atoms with Crippen molar-refractivity contribution in [1.29, 1.82) is 0 Å². The molecule has 1 fully saturated rings. The molecular weight excluding hydrogens is 485 g/mol. The third-order valence-electron chi connectivity index (χ3n) is 4.89. The van der Waals surface area contributed by atoms with E-state index in [4.69, 9.17) is 39.5 Å². The van der Waals surface area contributed by atoms with Crippen molar-refractivity contribution >= 4 is 50.7 Å². The molecule has 31 heavy (non-hydrogen) atoms. The fourth-order valence-electron chi connectivity index (χ4n) is 3.39. The molecule has 1 atom stereocenters. The van der Waals surface area contributed by atoms with E-state index in [0.29, 0.717) is 25.9 Å². The molecule has 1 saturated heterocycles. The molecule has 0 spiro atoms. The molecule has 1 aromatic carbocycles. The van der Waals surface area contributed by atoms with Gasteiger partial charge in [-0.25, -0.2) is 8.42 Å². The molecule has 1 aliphatic rings. The second-order valence-electron chi connectivity index (χ2n) is 7.11. The van der Waals surface area contributed by atoms with Crippen LogP contribution in [0, 0.1) is 0 Å². The highest BCUT2D eigenvalue weighted by Crippen LogP contribution is 2.36. The fraction of sp³-hybridized carbons (Fsp3) is 0.400. The molecule has 1 amide bonds. The molecule has 0 bridgehead atoms. The predicted molar refractivity (Wildman–Crippen MR) is 120 cm³/mol. The van der Waals surface area contributed by atoms with Crippen LogP contribution in [0.2, 0.25) is 15.1 Å². The van der Waals surface area contributed by atoms with Gasteiger partial charge < -0.3 is 10.1 Å². The van der Waals surface area contributed by atoms with Crippen molar-refractivity contribution in [2.75, 3.05) is 19.8 Å². The number of piperidine rings is 1. The van der Waals surface area contributed by atoms with Crippen LogP contribution in [0.5, 0.6) is 0 Å². The van der Waals surface area contributed by atoms with Crippen molar-refractivity contribution in [2.45, 2.75) is 36.7 Å². The number of carbonyl (C=O) groups is 1. The Bertz CT molecular complexity index is 999. The van der Waals surface area contributed by atoms with E-state index in [2.05, 4.69) is 10.3 Å². The second-order valence-corrected chi connectivity index (χ2v) is 10.2.